The lowest BCUT2D eigenvalue weighted by Gasteiger charge is -2.29. The van der Waals surface area contributed by atoms with E-state index in [1.165, 1.54) is 17.8 Å². The summed E-state index contributed by atoms with van der Waals surface area (Å²) in [7, 11) is -4.49. The van der Waals surface area contributed by atoms with Gasteiger partial charge in [0.25, 0.3) is 5.56 Å². The molecule has 50 heavy (non-hydrogen) atoms. The van der Waals surface area contributed by atoms with Crippen LogP contribution in [-0.2, 0) is 30.0 Å². The molecule has 0 amide bonds. The number of hydrogen-bond acceptors (Lipinski definition) is 12. The van der Waals surface area contributed by atoms with E-state index in [0.29, 0.717) is 11.8 Å². The van der Waals surface area contributed by atoms with Gasteiger partial charge in [0.05, 0.1) is 12.9 Å². The molecule has 1 fully saturated rings. The Labute approximate surface area is 287 Å². The zero-order valence-electron chi connectivity index (χ0n) is 27.6. The Kier molecular flexibility index (Phi) is 10.1. The summed E-state index contributed by atoms with van der Waals surface area (Å²) in [6.07, 6.45) is -2.42. The third-order valence-corrected chi connectivity index (χ3v) is 10.3. The van der Waals surface area contributed by atoms with E-state index in [0.717, 1.165) is 10.9 Å². The standard InChI is InChI=1S/C34H39N6O9P/c1-4-20(2)26(31(43)46-17-21-11-6-5-7-12-21)39-50(45,49-24-16-10-14-22-13-8-9-15-23(22)24)47-18-25-28(41)34(3,44)32(48-25)40-19-36-27-29(40)37-33(35)38-30(27)42/h5-16,19-20,25-26,28,32,41,44H,4,17-18H2,1-3H3,(H,39,45)(H3,35,37,38,42)/t20?,25-,26+,28-,32-,34-,50?/m1/s1. The van der Waals surface area contributed by atoms with Crippen molar-refractivity contribution in [2.45, 2.75) is 63.9 Å². The van der Waals surface area contributed by atoms with Crippen LogP contribution in [0.4, 0.5) is 5.95 Å². The van der Waals surface area contributed by atoms with Gasteiger partial charge < -0.3 is 29.9 Å². The molecule has 6 rings (SSSR count). The molecule has 3 aromatic carbocycles. The Hall–Kier alpha value is -4.63. The molecule has 7 atom stereocenters. The number of carbonyl (C=O) groups excluding carboxylic acids is 1. The number of H-pyrrole nitrogens is 1. The van der Waals surface area contributed by atoms with Crippen molar-refractivity contribution in [2.24, 2.45) is 5.92 Å². The van der Waals surface area contributed by atoms with Crippen LogP contribution in [-0.4, -0.2) is 66.2 Å². The maximum Gasteiger partial charge on any atom is 0.459 e. The van der Waals surface area contributed by atoms with E-state index >= 15 is 0 Å². The molecule has 0 radical (unpaired) electrons. The highest BCUT2D eigenvalue weighted by atomic mass is 31.2. The van der Waals surface area contributed by atoms with Crippen LogP contribution in [0.1, 0.15) is 39.0 Å². The summed E-state index contributed by atoms with van der Waals surface area (Å²) in [6.45, 7) is 4.45. The molecule has 2 unspecified atom stereocenters. The minimum absolute atomic E-state index is 0.00247. The number of rotatable bonds is 13. The van der Waals surface area contributed by atoms with E-state index in [2.05, 4.69) is 20.0 Å². The van der Waals surface area contributed by atoms with Crippen LogP contribution in [0.25, 0.3) is 21.9 Å². The van der Waals surface area contributed by atoms with Crippen molar-refractivity contribution >= 4 is 41.6 Å². The number of benzene rings is 3. The molecule has 15 nitrogen and oxygen atoms in total. The van der Waals surface area contributed by atoms with Gasteiger partial charge in [-0.05, 0) is 29.9 Å². The highest BCUT2D eigenvalue weighted by Gasteiger charge is 2.54. The second kappa shape index (κ2) is 14.3. The molecule has 16 heteroatoms. The van der Waals surface area contributed by atoms with Gasteiger partial charge in [-0.25, -0.2) is 9.55 Å². The van der Waals surface area contributed by atoms with Crippen molar-refractivity contribution < 1.29 is 38.1 Å². The van der Waals surface area contributed by atoms with Crippen LogP contribution in [0.2, 0.25) is 0 Å². The Morgan fingerprint density at radius 1 is 1.16 bits per heavy atom. The SMILES string of the molecule is CCC(C)[C@H](NP(=O)(OC[C@H]1O[C@@H](n2cnc3c(=O)[nH]c(N)nc32)[C@](C)(O)[C@@H]1O)Oc1cccc2ccccc12)C(=O)OCc1ccccc1. The number of aromatic nitrogens is 4. The van der Waals surface area contributed by atoms with E-state index in [9.17, 15) is 24.4 Å². The quantitative estimate of drug-likeness (QED) is 0.0871. The summed E-state index contributed by atoms with van der Waals surface area (Å²) in [4.78, 5) is 36.4. The first kappa shape index (κ1) is 35.2. The molecule has 264 valence electrons. The lowest BCUT2D eigenvalue weighted by molar-refractivity contribution is -0.148. The van der Waals surface area contributed by atoms with Gasteiger partial charge >= 0.3 is 13.7 Å². The lowest BCUT2D eigenvalue weighted by atomic mass is 9.96. The largest absolute Gasteiger partial charge is 0.460 e. The number of nitrogen functional groups attached to an aromatic ring is 1. The molecule has 2 aromatic heterocycles. The second-order valence-electron chi connectivity index (χ2n) is 12.4. The fourth-order valence-corrected chi connectivity index (χ4v) is 7.44. The zero-order chi connectivity index (χ0) is 35.6. The van der Waals surface area contributed by atoms with Gasteiger partial charge in [0.1, 0.15) is 36.2 Å². The van der Waals surface area contributed by atoms with E-state index in [1.54, 1.807) is 31.2 Å². The number of esters is 1. The molecule has 0 spiro atoms. The van der Waals surface area contributed by atoms with Crippen molar-refractivity contribution in [3.63, 3.8) is 0 Å². The maximum atomic E-state index is 14.8. The van der Waals surface area contributed by atoms with Crippen LogP contribution in [0.5, 0.6) is 5.75 Å². The van der Waals surface area contributed by atoms with Gasteiger partial charge in [-0.1, -0.05) is 87.0 Å². The maximum absolute atomic E-state index is 14.8. The highest BCUT2D eigenvalue weighted by molar-refractivity contribution is 7.52. The number of aromatic amines is 1. The molecule has 1 aliphatic rings. The molecular formula is C34H39N6O9P. The van der Waals surface area contributed by atoms with Gasteiger partial charge in [-0.3, -0.25) is 23.7 Å². The van der Waals surface area contributed by atoms with Crippen LogP contribution in [0.3, 0.4) is 0 Å². The second-order valence-corrected chi connectivity index (χ2v) is 14.1. The number of aliphatic hydroxyl groups excluding tert-OH is 1. The molecular weight excluding hydrogens is 667 g/mol. The van der Waals surface area contributed by atoms with Crippen molar-refractivity contribution in [3.8, 4) is 5.75 Å². The number of carbonyl (C=O) groups is 1. The first-order valence-corrected chi connectivity index (χ1v) is 17.6. The van der Waals surface area contributed by atoms with Gasteiger partial charge in [0.2, 0.25) is 5.95 Å². The first-order valence-electron chi connectivity index (χ1n) is 16.1. The Morgan fingerprint density at radius 2 is 1.88 bits per heavy atom. The monoisotopic (exact) mass is 706 g/mol. The van der Waals surface area contributed by atoms with Gasteiger partial charge in [-0.15, -0.1) is 0 Å². The van der Waals surface area contributed by atoms with E-state index in [4.69, 9.17) is 24.3 Å². The molecule has 0 aliphatic carbocycles. The number of fused-ring (bicyclic) bond motifs is 2. The van der Waals surface area contributed by atoms with Crippen molar-refractivity contribution in [1.82, 2.24) is 24.6 Å². The predicted octanol–water partition coefficient (Wildman–Crippen LogP) is 3.82. The van der Waals surface area contributed by atoms with Crippen LogP contribution in [0, 0.1) is 5.92 Å². The smallest absolute Gasteiger partial charge is 0.459 e. The minimum atomic E-state index is -4.49. The van der Waals surface area contributed by atoms with E-state index in [1.807, 2.05) is 55.5 Å². The van der Waals surface area contributed by atoms with Crippen molar-refractivity contribution in [3.05, 3.63) is 95.0 Å². The molecule has 3 heterocycles. The number of hydrogen-bond donors (Lipinski definition) is 5. The third kappa shape index (κ3) is 7.15. The number of imidazole rings is 1. The normalized spacial score (nSPS) is 23.0. The molecule has 5 aromatic rings. The van der Waals surface area contributed by atoms with Crippen LogP contribution in [0.15, 0.2) is 83.9 Å². The summed E-state index contributed by atoms with van der Waals surface area (Å²) in [5.41, 5.74) is 3.92. The van der Waals surface area contributed by atoms with Crippen LogP contribution >= 0.6 is 7.75 Å². The van der Waals surface area contributed by atoms with Gasteiger partial charge in [0.15, 0.2) is 17.4 Å². The zero-order valence-corrected chi connectivity index (χ0v) is 28.5. The van der Waals surface area contributed by atoms with Gasteiger partial charge in [-0.2, -0.15) is 10.1 Å². The Balaban J connectivity index is 1.29. The Morgan fingerprint density at radius 3 is 2.64 bits per heavy atom. The molecule has 0 bridgehead atoms. The lowest BCUT2D eigenvalue weighted by Crippen LogP contribution is -2.45. The Bertz CT molecular complexity index is 2080. The third-order valence-electron chi connectivity index (χ3n) is 8.82. The summed E-state index contributed by atoms with van der Waals surface area (Å²) >= 11 is 0. The molecule has 6 N–H and O–H groups in total. The molecule has 1 saturated heterocycles. The average Bonchev–Trinajstić information content (AvgIpc) is 3.62. The van der Waals surface area contributed by atoms with E-state index < -0.39 is 56.0 Å². The predicted molar refractivity (Wildman–Crippen MR) is 184 cm³/mol. The number of nitrogens with two attached hydrogens (primary N) is 1. The number of nitrogens with one attached hydrogen (secondary N) is 2. The summed E-state index contributed by atoms with van der Waals surface area (Å²) in [5, 5.41) is 26.9. The molecule has 1 aliphatic heterocycles. The van der Waals surface area contributed by atoms with Crippen LogP contribution < -0.4 is 20.9 Å². The number of ether oxygens (including phenoxy) is 2. The van der Waals surface area contributed by atoms with Crippen molar-refractivity contribution in [1.29, 1.82) is 0 Å². The van der Waals surface area contributed by atoms with E-state index in [-0.39, 0.29) is 35.4 Å². The number of aliphatic hydroxyl groups is 2. The summed E-state index contributed by atoms with van der Waals surface area (Å²) < 4.78 is 39.8. The number of nitrogens with zero attached hydrogens (tertiary/aromatic N) is 3. The first-order chi connectivity index (χ1) is 23.9. The fraction of sp³-hybridized carbons (Fsp3) is 0.353. The topological polar surface area (TPSA) is 213 Å². The van der Waals surface area contributed by atoms with Gasteiger partial charge in [0, 0.05) is 5.39 Å². The number of anilines is 1. The summed E-state index contributed by atoms with van der Waals surface area (Å²) in [5.74, 6) is -1.00. The average molecular weight is 707 g/mol. The fourth-order valence-electron chi connectivity index (χ4n) is 5.80. The van der Waals surface area contributed by atoms with Crippen molar-refractivity contribution in [2.75, 3.05) is 12.3 Å². The minimum Gasteiger partial charge on any atom is -0.460 e. The molecule has 0 saturated carbocycles. The summed E-state index contributed by atoms with van der Waals surface area (Å²) in [6, 6.07) is 20.6. The highest BCUT2D eigenvalue weighted by Crippen LogP contribution is 2.49.